The highest BCUT2D eigenvalue weighted by molar-refractivity contribution is 7.99. The fourth-order valence-corrected chi connectivity index (χ4v) is 2.61. The first-order valence-corrected chi connectivity index (χ1v) is 6.33. The largest absolute Gasteiger partial charge is 0.300 e. The van der Waals surface area contributed by atoms with E-state index >= 15 is 0 Å². The minimum atomic E-state index is 0.204. The summed E-state index contributed by atoms with van der Waals surface area (Å²) in [7, 11) is 0. The van der Waals surface area contributed by atoms with Crippen LogP contribution in [0.4, 0.5) is 0 Å². The molecule has 0 heterocycles. The van der Waals surface area contributed by atoms with E-state index in [0.29, 0.717) is 12.0 Å². The van der Waals surface area contributed by atoms with Crippen molar-refractivity contribution >= 4 is 17.5 Å². The number of hydrogen-bond donors (Lipinski definition) is 0. The molecule has 0 bridgehead atoms. The first-order chi connectivity index (χ1) is 7.67. The molecule has 1 unspecified atom stereocenters. The molecular weight excluding hydrogens is 218 g/mol. The SMILES string of the molecule is CCSC(CC(C)=O)c1ccc(C#N)cc1. The van der Waals surface area contributed by atoms with Gasteiger partial charge in [0, 0.05) is 11.7 Å². The zero-order chi connectivity index (χ0) is 12.0. The van der Waals surface area contributed by atoms with E-state index in [1.165, 1.54) is 0 Å². The van der Waals surface area contributed by atoms with E-state index in [1.54, 1.807) is 30.8 Å². The number of benzene rings is 1. The van der Waals surface area contributed by atoms with Crippen molar-refractivity contribution in [2.24, 2.45) is 0 Å². The molecule has 0 amide bonds. The Hall–Kier alpha value is -1.27. The van der Waals surface area contributed by atoms with Gasteiger partial charge >= 0.3 is 0 Å². The Morgan fingerprint density at radius 2 is 2.06 bits per heavy atom. The third-order valence-corrected chi connectivity index (χ3v) is 3.43. The van der Waals surface area contributed by atoms with Crippen LogP contribution in [0.3, 0.4) is 0 Å². The fraction of sp³-hybridized carbons (Fsp3) is 0.385. The number of nitriles is 1. The zero-order valence-corrected chi connectivity index (χ0v) is 10.4. The van der Waals surface area contributed by atoms with Gasteiger partial charge < -0.3 is 0 Å². The van der Waals surface area contributed by atoms with Gasteiger partial charge in [0.15, 0.2) is 0 Å². The summed E-state index contributed by atoms with van der Waals surface area (Å²) in [6.07, 6.45) is 0.560. The Labute approximate surface area is 101 Å². The Balaban J connectivity index is 2.84. The zero-order valence-electron chi connectivity index (χ0n) is 9.56. The summed E-state index contributed by atoms with van der Waals surface area (Å²) < 4.78 is 0. The molecule has 0 spiro atoms. The number of ketones is 1. The van der Waals surface area contributed by atoms with Crippen molar-refractivity contribution in [3.8, 4) is 6.07 Å². The van der Waals surface area contributed by atoms with Crippen molar-refractivity contribution in [1.29, 1.82) is 5.26 Å². The number of nitrogens with zero attached hydrogens (tertiary/aromatic N) is 1. The van der Waals surface area contributed by atoms with Crippen LogP contribution in [0, 0.1) is 11.3 Å². The Kier molecular flexibility index (Phi) is 5.07. The molecule has 0 radical (unpaired) electrons. The fourth-order valence-electron chi connectivity index (χ4n) is 1.51. The summed E-state index contributed by atoms with van der Waals surface area (Å²) in [4.78, 5) is 11.2. The highest BCUT2D eigenvalue weighted by atomic mass is 32.2. The second-order valence-corrected chi connectivity index (χ2v) is 5.06. The standard InChI is InChI=1S/C13H15NOS/c1-3-16-13(8-10(2)15)12-6-4-11(9-14)5-7-12/h4-7,13H,3,8H2,1-2H3. The molecule has 84 valence electrons. The van der Waals surface area contributed by atoms with Gasteiger partial charge in [-0.1, -0.05) is 19.1 Å². The maximum atomic E-state index is 11.2. The molecule has 0 aliphatic heterocycles. The van der Waals surface area contributed by atoms with Gasteiger partial charge in [-0.15, -0.1) is 0 Å². The van der Waals surface area contributed by atoms with Gasteiger partial charge in [-0.25, -0.2) is 0 Å². The number of rotatable bonds is 5. The maximum Gasteiger partial charge on any atom is 0.131 e. The van der Waals surface area contributed by atoms with Crippen LogP contribution in [0.15, 0.2) is 24.3 Å². The molecule has 1 rings (SSSR count). The lowest BCUT2D eigenvalue weighted by atomic mass is 10.1. The molecule has 3 heteroatoms. The van der Waals surface area contributed by atoms with Gasteiger partial charge in [-0.05, 0) is 30.4 Å². The van der Waals surface area contributed by atoms with Crippen LogP contribution >= 0.6 is 11.8 Å². The van der Waals surface area contributed by atoms with Crippen LogP contribution in [0.2, 0.25) is 0 Å². The molecule has 2 nitrogen and oxygen atoms in total. The number of hydrogen-bond acceptors (Lipinski definition) is 3. The summed E-state index contributed by atoms with van der Waals surface area (Å²) in [5.41, 5.74) is 1.79. The van der Waals surface area contributed by atoms with Crippen molar-refractivity contribution in [3.63, 3.8) is 0 Å². The lowest BCUT2D eigenvalue weighted by molar-refractivity contribution is -0.117. The molecule has 0 aliphatic carbocycles. The highest BCUT2D eigenvalue weighted by Gasteiger charge is 2.13. The summed E-state index contributed by atoms with van der Waals surface area (Å²) >= 11 is 1.77. The van der Waals surface area contributed by atoms with E-state index in [-0.39, 0.29) is 11.0 Å². The van der Waals surface area contributed by atoms with Gasteiger partial charge in [0.05, 0.1) is 11.6 Å². The number of thioether (sulfide) groups is 1. The predicted molar refractivity (Wildman–Crippen MR) is 67.3 cm³/mol. The molecule has 16 heavy (non-hydrogen) atoms. The quantitative estimate of drug-likeness (QED) is 0.783. The van der Waals surface area contributed by atoms with E-state index < -0.39 is 0 Å². The molecular formula is C13H15NOS. The third kappa shape index (κ3) is 3.71. The molecule has 0 aromatic heterocycles. The molecule has 0 saturated carbocycles. The van der Waals surface area contributed by atoms with E-state index in [0.717, 1.165) is 11.3 Å². The van der Waals surface area contributed by atoms with E-state index in [4.69, 9.17) is 5.26 Å². The first kappa shape index (κ1) is 12.8. The van der Waals surface area contributed by atoms with E-state index in [2.05, 4.69) is 13.0 Å². The second kappa shape index (κ2) is 6.34. The topological polar surface area (TPSA) is 40.9 Å². The van der Waals surface area contributed by atoms with Crippen LogP contribution in [0.5, 0.6) is 0 Å². The molecule has 1 atom stereocenters. The molecule has 0 saturated heterocycles. The van der Waals surface area contributed by atoms with Gasteiger partial charge in [0.25, 0.3) is 0 Å². The highest BCUT2D eigenvalue weighted by Crippen LogP contribution is 2.32. The molecule has 0 fully saturated rings. The van der Waals surface area contributed by atoms with Crippen LogP contribution in [0.1, 0.15) is 36.6 Å². The number of carbonyl (C=O) groups is 1. The van der Waals surface area contributed by atoms with Gasteiger partial charge in [0.2, 0.25) is 0 Å². The van der Waals surface area contributed by atoms with Crippen LogP contribution in [0.25, 0.3) is 0 Å². The van der Waals surface area contributed by atoms with Crippen LogP contribution in [-0.4, -0.2) is 11.5 Å². The Morgan fingerprint density at radius 3 is 2.50 bits per heavy atom. The summed E-state index contributed by atoms with van der Waals surface area (Å²) in [6.45, 7) is 3.70. The lowest BCUT2D eigenvalue weighted by Gasteiger charge is -2.14. The minimum absolute atomic E-state index is 0.204. The van der Waals surface area contributed by atoms with Crippen molar-refractivity contribution in [2.45, 2.75) is 25.5 Å². The predicted octanol–water partition coefficient (Wildman–Crippen LogP) is 3.33. The van der Waals surface area contributed by atoms with Crippen LogP contribution in [-0.2, 0) is 4.79 Å². The van der Waals surface area contributed by atoms with Gasteiger partial charge in [-0.2, -0.15) is 17.0 Å². The van der Waals surface area contributed by atoms with Crippen LogP contribution < -0.4 is 0 Å². The average Bonchev–Trinajstić information content (AvgIpc) is 2.28. The monoisotopic (exact) mass is 233 g/mol. The Morgan fingerprint density at radius 1 is 1.44 bits per heavy atom. The summed E-state index contributed by atoms with van der Waals surface area (Å²) in [5.74, 6) is 1.19. The van der Waals surface area contributed by atoms with E-state index in [9.17, 15) is 4.79 Å². The summed E-state index contributed by atoms with van der Waals surface area (Å²) in [6, 6.07) is 9.58. The minimum Gasteiger partial charge on any atom is -0.300 e. The lowest BCUT2D eigenvalue weighted by Crippen LogP contribution is -2.01. The molecule has 0 N–H and O–H groups in total. The normalized spacial score (nSPS) is 11.8. The van der Waals surface area contributed by atoms with Crippen molar-refractivity contribution in [1.82, 2.24) is 0 Å². The third-order valence-electron chi connectivity index (χ3n) is 2.25. The van der Waals surface area contributed by atoms with Gasteiger partial charge in [0.1, 0.15) is 5.78 Å². The first-order valence-electron chi connectivity index (χ1n) is 5.28. The molecule has 1 aromatic rings. The van der Waals surface area contributed by atoms with Crippen molar-refractivity contribution < 1.29 is 4.79 Å². The molecule has 0 aliphatic rings. The number of carbonyl (C=O) groups excluding carboxylic acids is 1. The van der Waals surface area contributed by atoms with Crippen molar-refractivity contribution in [2.75, 3.05) is 5.75 Å². The smallest absolute Gasteiger partial charge is 0.131 e. The number of Topliss-reactive ketones (excluding diaryl/α,β-unsaturated/α-hetero) is 1. The molecule has 1 aromatic carbocycles. The van der Waals surface area contributed by atoms with Gasteiger partial charge in [-0.3, -0.25) is 4.79 Å². The Bertz CT molecular complexity index is 391. The van der Waals surface area contributed by atoms with E-state index in [1.807, 2.05) is 12.1 Å². The second-order valence-electron chi connectivity index (χ2n) is 3.58. The summed E-state index contributed by atoms with van der Waals surface area (Å²) in [5, 5.41) is 8.92. The average molecular weight is 233 g/mol. The maximum absolute atomic E-state index is 11.2. The van der Waals surface area contributed by atoms with Crippen molar-refractivity contribution in [3.05, 3.63) is 35.4 Å².